The fraction of sp³-hybridized carbons (Fsp3) is 0.800. The van der Waals surface area contributed by atoms with E-state index in [0.717, 1.165) is 6.54 Å². The van der Waals surface area contributed by atoms with Gasteiger partial charge in [-0.25, -0.2) is 4.79 Å². The minimum absolute atomic E-state index is 0. The summed E-state index contributed by atoms with van der Waals surface area (Å²) in [4.78, 5) is 10.2. The van der Waals surface area contributed by atoms with Crippen molar-refractivity contribution in [2.75, 3.05) is 19.7 Å². The molecule has 0 radical (unpaired) electrons. The molecule has 0 aromatic heterocycles. The van der Waals surface area contributed by atoms with E-state index in [-0.39, 0.29) is 18.9 Å². The standard InChI is InChI=1S/C5H9NO3.Li.H/c7-5(8)4-3-6-1-2-9-4;;/h4,6H,1-3H2,(H,7,8);;. The van der Waals surface area contributed by atoms with E-state index in [9.17, 15) is 4.79 Å². The minimum atomic E-state index is -0.887. The second-order valence-corrected chi connectivity index (χ2v) is 1.90. The maximum atomic E-state index is 10.2. The molecule has 1 atom stereocenters. The van der Waals surface area contributed by atoms with Crippen molar-refractivity contribution < 1.29 is 14.6 Å². The van der Waals surface area contributed by atoms with Gasteiger partial charge in [-0.2, -0.15) is 0 Å². The Morgan fingerprint density at radius 2 is 2.40 bits per heavy atom. The van der Waals surface area contributed by atoms with Crippen LogP contribution in [-0.4, -0.2) is 55.7 Å². The zero-order chi connectivity index (χ0) is 6.69. The Balaban J connectivity index is 0.000000810. The predicted octanol–water partition coefficient (Wildman–Crippen LogP) is -1.59. The summed E-state index contributed by atoms with van der Waals surface area (Å²) < 4.78 is 4.88. The Bertz CT molecular complexity index is 113. The van der Waals surface area contributed by atoms with Gasteiger partial charge in [0, 0.05) is 13.1 Å². The molecule has 10 heavy (non-hydrogen) atoms. The van der Waals surface area contributed by atoms with Gasteiger partial charge >= 0.3 is 24.8 Å². The summed E-state index contributed by atoms with van der Waals surface area (Å²) in [6, 6.07) is 0. The van der Waals surface area contributed by atoms with Crippen LogP contribution in [0, 0.1) is 0 Å². The molecule has 5 heteroatoms. The molecule has 0 aromatic rings. The van der Waals surface area contributed by atoms with Gasteiger partial charge in [0.05, 0.1) is 6.61 Å². The molecule has 1 fully saturated rings. The van der Waals surface area contributed by atoms with Gasteiger partial charge < -0.3 is 15.2 Å². The van der Waals surface area contributed by atoms with E-state index in [4.69, 9.17) is 9.84 Å². The number of carboxylic acid groups (broad SMARTS) is 1. The molecule has 2 N–H and O–H groups in total. The zero-order valence-electron chi connectivity index (χ0n) is 4.96. The molecule has 0 saturated carbocycles. The van der Waals surface area contributed by atoms with Crippen LogP contribution >= 0.6 is 0 Å². The molecule has 0 spiro atoms. The molecule has 1 unspecified atom stereocenters. The van der Waals surface area contributed by atoms with Gasteiger partial charge in [0.2, 0.25) is 0 Å². The summed E-state index contributed by atoms with van der Waals surface area (Å²) in [7, 11) is 0. The third-order valence-corrected chi connectivity index (χ3v) is 1.20. The maximum absolute atomic E-state index is 10.2. The van der Waals surface area contributed by atoms with Crippen molar-refractivity contribution >= 4 is 24.8 Å². The van der Waals surface area contributed by atoms with E-state index in [1.807, 2.05) is 0 Å². The molecule has 0 amide bonds. The van der Waals surface area contributed by atoms with Crippen molar-refractivity contribution in [3.05, 3.63) is 0 Å². The summed E-state index contributed by atoms with van der Waals surface area (Å²) in [5.41, 5.74) is 0. The van der Waals surface area contributed by atoms with Crippen molar-refractivity contribution in [3.8, 4) is 0 Å². The predicted molar refractivity (Wildman–Crippen MR) is 37.4 cm³/mol. The Labute approximate surface area is 71.1 Å². The van der Waals surface area contributed by atoms with Crippen LogP contribution < -0.4 is 5.32 Å². The van der Waals surface area contributed by atoms with Crippen LogP contribution in [0.3, 0.4) is 0 Å². The summed E-state index contributed by atoms with van der Waals surface area (Å²) in [6.45, 7) is 1.68. The first-order chi connectivity index (χ1) is 4.30. The van der Waals surface area contributed by atoms with Crippen molar-refractivity contribution in [1.82, 2.24) is 5.32 Å². The average Bonchev–Trinajstić information content (AvgIpc) is 1.90. The van der Waals surface area contributed by atoms with Crippen molar-refractivity contribution in [2.24, 2.45) is 0 Å². The normalized spacial score (nSPS) is 25.0. The molecule has 4 nitrogen and oxygen atoms in total. The SMILES string of the molecule is O=C(O)C1CNCCO1.[LiH]. The molecule has 1 heterocycles. The van der Waals surface area contributed by atoms with Gasteiger partial charge in [-0.05, 0) is 0 Å². The number of carbonyl (C=O) groups is 1. The van der Waals surface area contributed by atoms with Gasteiger partial charge in [0.15, 0.2) is 6.10 Å². The van der Waals surface area contributed by atoms with Crippen molar-refractivity contribution in [3.63, 3.8) is 0 Å². The van der Waals surface area contributed by atoms with Crippen molar-refractivity contribution in [1.29, 1.82) is 0 Å². The number of rotatable bonds is 1. The van der Waals surface area contributed by atoms with E-state index in [1.54, 1.807) is 0 Å². The van der Waals surface area contributed by atoms with E-state index >= 15 is 0 Å². The molecule has 54 valence electrons. The van der Waals surface area contributed by atoms with Gasteiger partial charge in [-0.1, -0.05) is 0 Å². The quantitative estimate of drug-likeness (QED) is 0.430. The summed E-state index contributed by atoms with van der Waals surface area (Å²) in [5, 5.41) is 11.3. The van der Waals surface area contributed by atoms with E-state index in [2.05, 4.69) is 5.32 Å². The monoisotopic (exact) mass is 139 g/mol. The van der Waals surface area contributed by atoms with Gasteiger partial charge in [-0.3, -0.25) is 0 Å². The fourth-order valence-corrected chi connectivity index (χ4v) is 0.724. The van der Waals surface area contributed by atoms with Crippen LogP contribution in [0.1, 0.15) is 0 Å². The first-order valence-corrected chi connectivity index (χ1v) is 2.86. The van der Waals surface area contributed by atoms with Crippen LogP contribution in [0.25, 0.3) is 0 Å². The fourth-order valence-electron chi connectivity index (χ4n) is 0.724. The molecule has 1 saturated heterocycles. The molecule has 0 aromatic carbocycles. The van der Waals surface area contributed by atoms with Crippen LogP contribution in [0.15, 0.2) is 0 Å². The zero-order valence-corrected chi connectivity index (χ0v) is 4.96. The molecule has 0 aliphatic carbocycles. The van der Waals surface area contributed by atoms with Crippen LogP contribution in [-0.2, 0) is 9.53 Å². The topological polar surface area (TPSA) is 58.6 Å². The Kier molecular flexibility index (Phi) is 4.74. The number of ether oxygens (including phenoxy) is 1. The molecular weight excluding hydrogens is 129 g/mol. The second-order valence-electron chi connectivity index (χ2n) is 1.90. The van der Waals surface area contributed by atoms with Gasteiger partial charge in [0.25, 0.3) is 0 Å². The van der Waals surface area contributed by atoms with Gasteiger partial charge in [-0.15, -0.1) is 0 Å². The first kappa shape index (κ1) is 9.99. The van der Waals surface area contributed by atoms with E-state index < -0.39 is 12.1 Å². The summed E-state index contributed by atoms with van der Waals surface area (Å²) >= 11 is 0. The number of aliphatic carboxylic acids is 1. The molecule has 1 aliphatic rings. The van der Waals surface area contributed by atoms with E-state index in [1.165, 1.54) is 0 Å². The second kappa shape index (κ2) is 4.75. The summed E-state index contributed by atoms with van der Waals surface area (Å²) in [6.07, 6.45) is -0.640. The van der Waals surface area contributed by atoms with Crippen LogP contribution in [0.2, 0.25) is 0 Å². The average molecular weight is 139 g/mol. The Morgan fingerprint density at radius 3 is 2.70 bits per heavy atom. The van der Waals surface area contributed by atoms with Crippen LogP contribution in [0.5, 0.6) is 0 Å². The first-order valence-electron chi connectivity index (χ1n) is 2.86. The Hall–Kier alpha value is -0.0126. The number of morpholine rings is 1. The molecular formula is C5H10LiNO3. The third kappa shape index (κ3) is 2.71. The Morgan fingerprint density at radius 1 is 1.70 bits per heavy atom. The van der Waals surface area contributed by atoms with Crippen molar-refractivity contribution in [2.45, 2.75) is 6.10 Å². The van der Waals surface area contributed by atoms with Crippen LogP contribution in [0.4, 0.5) is 0 Å². The van der Waals surface area contributed by atoms with Gasteiger partial charge in [0.1, 0.15) is 0 Å². The van der Waals surface area contributed by atoms with E-state index in [0.29, 0.717) is 13.2 Å². The number of hydrogen-bond acceptors (Lipinski definition) is 3. The third-order valence-electron chi connectivity index (χ3n) is 1.20. The summed E-state index contributed by atoms with van der Waals surface area (Å²) in [5.74, 6) is -0.887. The number of carboxylic acids is 1. The molecule has 0 bridgehead atoms. The molecule has 1 rings (SSSR count). The number of nitrogens with one attached hydrogen (secondary N) is 1. The number of hydrogen-bond donors (Lipinski definition) is 2. The molecule has 1 aliphatic heterocycles.